The Hall–Kier alpha value is -1.08. The summed E-state index contributed by atoms with van der Waals surface area (Å²) in [5, 5.41) is 2.08. The van der Waals surface area contributed by atoms with Crippen LogP contribution in [-0.2, 0) is 16.6 Å². The molecular weight excluding hydrogens is 316 g/mol. The zero-order chi connectivity index (χ0) is 14.9. The van der Waals surface area contributed by atoms with E-state index in [1.807, 2.05) is 18.4 Å². The van der Waals surface area contributed by atoms with Gasteiger partial charge in [-0.2, -0.15) is 4.31 Å². The average molecular weight is 331 g/mol. The van der Waals surface area contributed by atoms with Gasteiger partial charge in [-0.1, -0.05) is 11.6 Å². The van der Waals surface area contributed by atoms with Gasteiger partial charge in [-0.15, -0.1) is 11.3 Å². The Morgan fingerprint density at radius 2 is 2.05 bits per heavy atom. The molecule has 1 heterocycles. The maximum Gasteiger partial charge on any atom is 0.244 e. The molecule has 0 fully saturated rings. The molecule has 0 aliphatic heterocycles. The Morgan fingerprint density at radius 3 is 2.60 bits per heavy atom. The zero-order valence-corrected chi connectivity index (χ0v) is 13.5. The van der Waals surface area contributed by atoms with E-state index in [0.29, 0.717) is 12.2 Å². The monoisotopic (exact) mass is 330 g/mol. The Kier molecular flexibility index (Phi) is 4.39. The molecule has 0 spiro atoms. The summed E-state index contributed by atoms with van der Waals surface area (Å²) in [6.07, 6.45) is 0. The molecule has 2 aromatic rings. The molecule has 0 saturated heterocycles. The Bertz CT molecular complexity index is 726. The molecule has 0 atom stereocenters. The van der Waals surface area contributed by atoms with Crippen molar-refractivity contribution in [2.75, 3.05) is 12.8 Å². The van der Waals surface area contributed by atoms with Crippen LogP contribution in [0.4, 0.5) is 5.69 Å². The first-order valence-corrected chi connectivity index (χ1v) is 8.56. The molecule has 0 aliphatic carbocycles. The number of aryl methyl sites for hydroxylation is 1. The van der Waals surface area contributed by atoms with E-state index >= 15 is 0 Å². The molecule has 20 heavy (non-hydrogen) atoms. The number of thiophene rings is 1. The topological polar surface area (TPSA) is 63.4 Å². The number of nitrogen functional groups attached to an aromatic ring is 1. The van der Waals surface area contributed by atoms with Crippen molar-refractivity contribution < 1.29 is 8.42 Å². The van der Waals surface area contributed by atoms with Gasteiger partial charge < -0.3 is 5.73 Å². The summed E-state index contributed by atoms with van der Waals surface area (Å²) in [7, 11) is -2.08. The van der Waals surface area contributed by atoms with Crippen LogP contribution in [0.3, 0.4) is 0 Å². The number of hydrogen-bond donors (Lipinski definition) is 1. The summed E-state index contributed by atoms with van der Waals surface area (Å²) in [5.41, 5.74) is 7.10. The number of sulfonamides is 1. The summed E-state index contributed by atoms with van der Waals surface area (Å²) >= 11 is 7.52. The van der Waals surface area contributed by atoms with Crippen LogP contribution in [0.15, 0.2) is 34.5 Å². The largest absolute Gasteiger partial charge is 0.399 e. The van der Waals surface area contributed by atoms with Gasteiger partial charge in [-0.3, -0.25) is 0 Å². The lowest BCUT2D eigenvalue weighted by molar-refractivity contribution is 0.469. The van der Waals surface area contributed by atoms with Crippen molar-refractivity contribution in [2.24, 2.45) is 0 Å². The van der Waals surface area contributed by atoms with Crippen molar-refractivity contribution in [1.82, 2.24) is 4.31 Å². The highest BCUT2D eigenvalue weighted by molar-refractivity contribution is 7.89. The van der Waals surface area contributed by atoms with E-state index < -0.39 is 10.0 Å². The van der Waals surface area contributed by atoms with Crippen LogP contribution in [0.5, 0.6) is 0 Å². The summed E-state index contributed by atoms with van der Waals surface area (Å²) in [6, 6.07) is 6.38. The smallest absolute Gasteiger partial charge is 0.244 e. The highest BCUT2D eigenvalue weighted by Crippen LogP contribution is 2.28. The fourth-order valence-electron chi connectivity index (χ4n) is 1.75. The first kappa shape index (κ1) is 15.3. The molecule has 4 nitrogen and oxygen atoms in total. The number of nitrogens with two attached hydrogens (primary N) is 1. The van der Waals surface area contributed by atoms with E-state index in [0.717, 1.165) is 10.4 Å². The van der Waals surface area contributed by atoms with Gasteiger partial charge in [0.2, 0.25) is 10.0 Å². The molecule has 1 aromatic heterocycles. The lowest BCUT2D eigenvalue weighted by Crippen LogP contribution is -2.26. The Morgan fingerprint density at radius 1 is 1.35 bits per heavy atom. The van der Waals surface area contributed by atoms with Gasteiger partial charge in [0.1, 0.15) is 4.90 Å². The first-order chi connectivity index (χ1) is 9.32. The van der Waals surface area contributed by atoms with Gasteiger partial charge in [0.25, 0.3) is 0 Å². The minimum absolute atomic E-state index is 0.0741. The van der Waals surface area contributed by atoms with Crippen LogP contribution in [0, 0.1) is 6.92 Å². The maximum absolute atomic E-state index is 12.5. The minimum Gasteiger partial charge on any atom is -0.399 e. The zero-order valence-electron chi connectivity index (χ0n) is 11.1. The van der Waals surface area contributed by atoms with E-state index in [-0.39, 0.29) is 9.92 Å². The molecule has 2 N–H and O–H groups in total. The Balaban J connectivity index is 2.32. The molecule has 0 radical (unpaired) electrons. The fourth-order valence-corrected chi connectivity index (χ4v) is 4.45. The van der Waals surface area contributed by atoms with Crippen LogP contribution >= 0.6 is 22.9 Å². The molecule has 0 unspecified atom stereocenters. The van der Waals surface area contributed by atoms with E-state index in [2.05, 4.69) is 0 Å². The van der Waals surface area contributed by atoms with Crippen LogP contribution in [0.2, 0.25) is 5.02 Å². The lowest BCUT2D eigenvalue weighted by atomic mass is 10.3. The molecule has 0 bridgehead atoms. The highest BCUT2D eigenvalue weighted by Gasteiger charge is 2.24. The number of nitrogens with zero attached hydrogens (tertiary/aromatic N) is 1. The standard InChI is InChI=1S/C13H15ClN2O2S2/c1-9-5-6-19-12(9)8-16(2)20(17,18)13-4-3-10(15)7-11(13)14/h3-7H,8,15H2,1-2H3. The minimum atomic E-state index is -3.63. The number of benzene rings is 1. The van der Waals surface area contributed by atoms with Gasteiger partial charge in [0.15, 0.2) is 0 Å². The van der Waals surface area contributed by atoms with Crippen LogP contribution < -0.4 is 5.73 Å². The molecule has 2 rings (SSSR count). The number of rotatable bonds is 4. The van der Waals surface area contributed by atoms with E-state index in [1.54, 1.807) is 7.05 Å². The SMILES string of the molecule is Cc1ccsc1CN(C)S(=O)(=O)c1ccc(N)cc1Cl. The predicted octanol–water partition coefficient (Wildman–Crippen LogP) is 3.11. The van der Waals surface area contributed by atoms with Crippen molar-refractivity contribution in [3.05, 3.63) is 45.1 Å². The van der Waals surface area contributed by atoms with Gasteiger partial charge in [-0.05, 0) is 42.1 Å². The molecule has 0 aliphatic rings. The van der Waals surface area contributed by atoms with Crippen LogP contribution in [0.25, 0.3) is 0 Å². The van der Waals surface area contributed by atoms with Crippen molar-refractivity contribution in [2.45, 2.75) is 18.4 Å². The lowest BCUT2D eigenvalue weighted by Gasteiger charge is -2.18. The number of hydrogen-bond acceptors (Lipinski definition) is 4. The second-order valence-electron chi connectivity index (χ2n) is 4.48. The summed E-state index contributed by atoms with van der Waals surface area (Å²) in [5.74, 6) is 0. The maximum atomic E-state index is 12.5. The molecule has 108 valence electrons. The van der Waals surface area contributed by atoms with E-state index in [1.165, 1.54) is 33.8 Å². The van der Waals surface area contributed by atoms with Gasteiger partial charge >= 0.3 is 0 Å². The third-order valence-corrected chi connectivity index (χ3v) is 6.27. The Labute approximate surface area is 127 Å². The highest BCUT2D eigenvalue weighted by atomic mass is 35.5. The summed E-state index contributed by atoms with van der Waals surface area (Å²) in [6.45, 7) is 2.29. The predicted molar refractivity (Wildman–Crippen MR) is 83.6 cm³/mol. The van der Waals surface area contributed by atoms with Crippen molar-refractivity contribution in [1.29, 1.82) is 0 Å². The number of anilines is 1. The van der Waals surface area contributed by atoms with E-state index in [4.69, 9.17) is 17.3 Å². The molecule has 1 aromatic carbocycles. The summed E-state index contributed by atoms with van der Waals surface area (Å²) in [4.78, 5) is 1.09. The second-order valence-corrected chi connectivity index (χ2v) is 7.90. The second kappa shape index (κ2) is 5.73. The van der Waals surface area contributed by atoms with Crippen molar-refractivity contribution >= 4 is 38.6 Å². The third-order valence-electron chi connectivity index (χ3n) is 2.98. The first-order valence-electron chi connectivity index (χ1n) is 5.86. The molecule has 0 saturated carbocycles. The van der Waals surface area contributed by atoms with Gasteiger partial charge in [0, 0.05) is 24.2 Å². The van der Waals surface area contributed by atoms with E-state index in [9.17, 15) is 8.42 Å². The molecular formula is C13H15ClN2O2S2. The molecule has 0 amide bonds. The number of halogens is 1. The van der Waals surface area contributed by atoms with Crippen molar-refractivity contribution in [3.8, 4) is 0 Å². The normalized spacial score (nSPS) is 12.0. The van der Waals surface area contributed by atoms with Crippen molar-refractivity contribution in [3.63, 3.8) is 0 Å². The van der Waals surface area contributed by atoms with Crippen LogP contribution in [0.1, 0.15) is 10.4 Å². The third kappa shape index (κ3) is 2.98. The average Bonchev–Trinajstić information content (AvgIpc) is 2.74. The summed E-state index contributed by atoms with van der Waals surface area (Å²) < 4.78 is 26.3. The van der Waals surface area contributed by atoms with Crippen LogP contribution in [-0.4, -0.2) is 19.8 Å². The molecule has 7 heteroatoms. The fraction of sp³-hybridized carbons (Fsp3) is 0.231. The quantitative estimate of drug-likeness (QED) is 0.876. The van der Waals surface area contributed by atoms with Gasteiger partial charge in [0.05, 0.1) is 5.02 Å². The van der Waals surface area contributed by atoms with Gasteiger partial charge in [-0.25, -0.2) is 8.42 Å².